The summed E-state index contributed by atoms with van der Waals surface area (Å²) >= 11 is 1.69. The largest absolute Gasteiger partial charge is 0.493 e. The molecule has 64 heavy (non-hydrogen) atoms. The topological polar surface area (TPSA) is 86.0 Å². The lowest BCUT2D eigenvalue weighted by atomic mass is 10.0. The van der Waals surface area contributed by atoms with Crippen LogP contribution in [0.1, 0.15) is 117 Å². The van der Waals surface area contributed by atoms with Crippen LogP contribution in [0.4, 0.5) is 28.4 Å². The zero-order valence-electron chi connectivity index (χ0n) is 38.7. The molecule has 2 atom stereocenters. The maximum absolute atomic E-state index is 11.6. The van der Waals surface area contributed by atoms with E-state index in [9.17, 15) is 15.2 Å². The van der Waals surface area contributed by atoms with Crippen LogP contribution in [0.5, 0.6) is 11.5 Å². The summed E-state index contributed by atoms with van der Waals surface area (Å²) in [4.78, 5) is 18.5. The lowest BCUT2D eigenvalue weighted by Crippen LogP contribution is -2.22. The van der Waals surface area contributed by atoms with Gasteiger partial charge in [-0.2, -0.15) is 5.26 Å². The Bertz CT molecular complexity index is 2250. The van der Waals surface area contributed by atoms with Crippen molar-refractivity contribution < 1.29 is 19.4 Å². The number of rotatable bonds is 25. The Labute approximate surface area is 387 Å². The highest BCUT2D eigenvalue weighted by atomic mass is 32.2. The Balaban J connectivity index is 1.28. The summed E-state index contributed by atoms with van der Waals surface area (Å²) in [6.45, 7) is 13.6. The zero-order valence-corrected chi connectivity index (χ0v) is 39.5. The number of hydrogen-bond acceptors (Lipinski definition) is 7. The van der Waals surface area contributed by atoms with Gasteiger partial charge in [-0.25, -0.2) is 4.79 Å². The molecule has 0 aromatic heterocycles. The Morgan fingerprint density at radius 3 is 1.66 bits per heavy atom. The molecule has 1 N–H and O–H groups in total. The van der Waals surface area contributed by atoms with Crippen LogP contribution in [0, 0.1) is 23.2 Å². The van der Waals surface area contributed by atoms with Gasteiger partial charge in [-0.1, -0.05) is 128 Å². The van der Waals surface area contributed by atoms with Crippen molar-refractivity contribution in [2.75, 3.05) is 29.6 Å². The summed E-state index contributed by atoms with van der Waals surface area (Å²) in [6.07, 6.45) is 15.5. The molecule has 7 nitrogen and oxygen atoms in total. The van der Waals surface area contributed by atoms with E-state index in [0.29, 0.717) is 17.4 Å². The Hall–Kier alpha value is -5.65. The molecule has 0 amide bonds. The number of unbranched alkanes of at least 4 members (excludes halogenated alkanes) is 5. The monoisotopic (exact) mass is 877 g/mol. The second kappa shape index (κ2) is 24.4. The van der Waals surface area contributed by atoms with Crippen molar-refractivity contribution in [1.82, 2.24) is 0 Å². The van der Waals surface area contributed by atoms with Gasteiger partial charge in [0.25, 0.3) is 0 Å². The maximum atomic E-state index is 11.6. The van der Waals surface area contributed by atoms with E-state index in [0.717, 1.165) is 101 Å². The summed E-state index contributed by atoms with van der Waals surface area (Å²) < 4.78 is 12.6. The molecule has 1 aliphatic rings. The number of hydrogen-bond donors (Lipinski definition) is 1. The molecule has 8 heteroatoms. The molecular formula is C56H67N3O4S. The van der Waals surface area contributed by atoms with E-state index < -0.39 is 5.97 Å². The number of fused-ring (bicyclic) bond motifs is 2. The molecule has 0 fully saturated rings. The number of anilines is 5. The lowest BCUT2D eigenvalue weighted by Gasteiger charge is -2.33. The fourth-order valence-electron chi connectivity index (χ4n) is 8.28. The van der Waals surface area contributed by atoms with Crippen LogP contribution in [0.2, 0.25) is 0 Å². The normalized spacial score (nSPS) is 13.1. The van der Waals surface area contributed by atoms with Crippen molar-refractivity contribution >= 4 is 52.2 Å². The van der Waals surface area contributed by atoms with Crippen LogP contribution in [-0.4, -0.2) is 30.8 Å². The van der Waals surface area contributed by atoms with E-state index in [1.165, 1.54) is 63.1 Å². The Kier molecular flexibility index (Phi) is 18.2. The number of carbonyl (C=O) groups is 1. The molecule has 0 bridgehead atoms. The smallest absolute Gasteiger partial charge is 0.346 e. The van der Waals surface area contributed by atoms with E-state index in [2.05, 4.69) is 141 Å². The predicted molar refractivity (Wildman–Crippen MR) is 267 cm³/mol. The van der Waals surface area contributed by atoms with Gasteiger partial charge in [0.1, 0.15) is 23.1 Å². The van der Waals surface area contributed by atoms with Gasteiger partial charge in [-0.3, -0.25) is 0 Å². The molecule has 336 valence electrons. The molecule has 1 aliphatic heterocycles. The first-order valence-corrected chi connectivity index (χ1v) is 24.5. The van der Waals surface area contributed by atoms with Crippen LogP contribution >= 0.6 is 11.8 Å². The summed E-state index contributed by atoms with van der Waals surface area (Å²) in [5.41, 5.74) is 8.04. The first kappa shape index (κ1) is 47.8. The van der Waals surface area contributed by atoms with Gasteiger partial charge >= 0.3 is 5.97 Å². The van der Waals surface area contributed by atoms with Gasteiger partial charge in [0.2, 0.25) is 0 Å². The van der Waals surface area contributed by atoms with Crippen molar-refractivity contribution in [2.45, 2.75) is 121 Å². The highest BCUT2D eigenvalue weighted by Crippen LogP contribution is 2.50. The SMILES string of the molecule is CCCCCCN1c2ccc(/C=C(\C#N)C(=O)O)cc2Sc2cc(-c3ccc(N(c4ccc(OCC(CC)CCCC)cc4)c4ccc(OCC(CC)CCCC)cc4)cc3)ccc21. The third-order valence-corrected chi connectivity index (χ3v) is 13.4. The maximum Gasteiger partial charge on any atom is 0.346 e. The molecule has 0 radical (unpaired) electrons. The minimum absolute atomic E-state index is 0.282. The van der Waals surface area contributed by atoms with Gasteiger partial charge < -0.3 is 24.4 Å². The van der Waals surface area contributed by atoms with Crippen molar-refractivity contribution in [3.8, 4) is 28.7 Å². The second-order valence-corrected chi connectivity index (χ2v) is 18.1. The van der Waals surface area contributed by atoms with Gasteiger partial charge in [-0.05, 0) is 139 Å². The van der Waals surface area contributed by atoms with Crippen molar-refractivity contribution in [2.24, 2.45) is 11.8 Å². The summed E-state index contributed by atoms with van der Waals surface area (Å²) in [5, 5.41) is 18.9. The number of benzene rings is 5. The third kappa shape index (κ3) is 12.8. The molecule has 0 spiro atoms. The predicted octanol–water partition coefficient (Wildman–Crippen LogP) is 16.2. The summed E-state index contributed by atoms with van der Waals surface area (Å²) in [6, 6.07) is 40.2. The molecule has 2 unspecified atom stereocenters. The second-order valence-electron chi connectivity index (χ2n) is 17.0. The van der Waals surface area contributed by atoms with Gasteiger partial charge in [-0.15, -0.1) is 0 Å². The van der Waals surface area contributed by atoms with Crippen LogP contribution in [-0.2, 0) is 4.79 Å². The molecule has 0 saturated carbocycles. The van der Waals surface area contributed by atoms with Crippen molar-refractivity contribution in [3.63, 3.8) is 0 Å². The first-order valence-electron chi connectivity index (χ1n) is 23.7. The van der Waals surface area contributed by atoms with E-state index >= 15 is 0 Å². The van der Waals surface area contributed by atoms with Crippen LogP contribution in [0.25, 0.3) is 17.2 Å². The minimum Gasteiger partial charge on any atom is -0.493 e. The standard InChI is InChI=1S/C56H67N3O4S/c1-6-11-14-15-34-58-52-32-18-43(35-46(38-57)56(60)61)36-54(52)64-55-37-45(21-33-53(55)58)44-19-22-47(23-20-44)59(48-24-28-50(29-25-48)62-39-41(9-4)16-12-7-2)49-26-30-51(31-27-49)63-40-42(10-5)17-13-8-3/h18-33,35-37,41-42H,6-17,34,39-40H2,1-5H3,(H,60,61)/b46-35+. The van der Waals surface area contributed by atoms with Crippen LogP contribution in [0.15, 0.2) is 125 Å². The summed E-state index contributed by atoms with van der Waals surface area (Å²) in [5.74, 6) is 1.68. The fraction of sp³-hybridized carbons (Fsp3) is 0.393. The van der Waals surface area contributed by atoms with Crippen LogP contribution in [0.3, 0.4) is 0 Å². The quantitative estimate of drug-likeness (QED) is 0.0352. The molecule has 0 aliphatic carbocycles. The first-order chi connectivity index (χ1) is 31.3. The summed E-state index contributed by atoms with van der Waals surface area (Å²) in [7, 11) is 0. The van der Waals surface area contributed by atoms with Gasteiger partial charge in [0.05, 0.1) is 24.6 Å². The minimum atomic E-state index is -1.23. The number of carboxylic acid groups (broad SMARTS) is 1. The van der Waals surface area contributed by atoms with Crippen molar-refractivity contribution in [3.05, 3.63) is 120 Å². The average molecular weight is 878 g/mol. The highest BCUT2D eigenvalue weighted by Gasteiger charge is 2.25. The van der Waals surface area contributed by atoms with Crippen molar-refractivity contribution in [1.29, 1.82) is 5.26 Å². The van der Waals surface area contributed by atoms with E-state index in [1.54, 1.807) is 11.8 Å². The Morgan fingerprint density at radius 2 is 1.16 bits per heavy atom. The number of ether oxygens (including phenoxy) is 2. The number of carboxylic acids is 1. The molecular weight excluding hydrogens is 811 g/mol. The van der Waals surface area contributed by atoms with Gasteiger partial charge in [0, 0.05) is 33.4 Å². The van der Waals surface area contributed by atoms with E-state index in [4.69, 9.17) is 9.47 Å². The number of nitrogens with zero attached hydrogens (tertiary/aromatic N) is 3. The number of aliphatic carboxylic acids is 1. The van der Waals surface area contributed by atoms with Crippen LogP contribution < -0.4 is 19.3 Å². The molecule has 0 saturated heterocycles. The average Bonchev–Trinajstić information content (AvgIpc) is 3.32. The highest BCUT2D eigenvalue weighted by molar-refractivity contribution is 7.99. The molecule has 1 heterocycles. The third-order valence-electron chi connectivity index (χ3n) is 12.3. The Morgan fingerprint density at radius 1 is 0.656 bits per heavy atom. The lowest BCUT2D eigenvalue weighted by molar-refractivity contribution is -0.132. The van der Waals surface area contributed by atoms with E-state index in [-0.39, 0.29) is 5.57 Å². The number of nitriles is 1. The molecule has 5 aromatic carbocycles. The molecule has 5 aromatic rings. The van der Waals surface area contributed by atoms with E-state index in [1.807, 2.05) is 18.2 Å². The molecule has 6 rings (SSSR count). The van der Waals surface area contributed by atoms with Gasteiger partial charge in [0.15, 0.2) is 0 Å². The zero-order chi connectivity index (χ0) is 45.3. The fourth-order valence-corrected chi connectivity index (χ4v) is 9.46.